The summed E-state index contributed by atoms with van der Waals surface area (Å²) in [6.07, 6.45) is 3.43. The molecule has 1 aliphatic heterocycles. The number of fused-ring (bicyclic) bond motifs is 1. The maximum absolute atomic E-state index is 12.5. The number of hydrogen-bond acceptors (Lipinski definition) is 5. The molecule has 1 aromatic carbocycles. The molecular formula is C25H28N6O2. The number of rotatable bonds is 6. The van der Waals surface area contributed by atoms with Crippen molar-refractivity contribution < 1.29 is 9.21 Å². The average Bonchev–Trinajstić information content (AvgIpc) is 3.50. The number of carbonyl (C=O) groups is 1. The maximum atomic E-state index is 12.5. The summed E-state index contributed by atoms with van der Waals surface area (Å²) in [6.45, 7) is 7.27. The van der Waals surface area contributed by atoms with Crippen LogP contribution in [0, 0.1) is 6.92 Å². The number of nitrogens with one attached hydrogen (secondary N) is 1. The van der Waals surface area contributed by atoms with E-state index in [2.05, 4.69) is 51.0 Å². The number of nitrogens with zero attached hydrogens (tertiary/aromatic N) is 5. The molecule has 0 aliphatic carbocycles. The molecule has 3 aromatic heterocycles. The van der Waals surface area contributed by atoms with Crippen LogP contribution in [0.15, 0.2) is 65.4 Å². The zero-order chi connectivity index (χ0) is 22.6. The maximum Gasteiger partial charge on any atom is 0.317 e. The molecule has 5 rings (SSSR count). The Labute approximate surface area is 192 Å². The van der Waals surface area contributed by atoms with Crippen LogP contribution in [0.25, 0.3) is 22.6 Å². The Morgan fingerprint density at radius 3 is 2.61 bits per heavy atom. The molecule has 33 heavy (non-hydrogen) atoms. The number of benzene rings is 1. The number of carbonyl (C=O) groups excluding carboxylic acids is 1. The summed E-state index contributed by atoms with van der Waals surface area (Å²) < 4.78 is 7.49. The largest absolute Gasteiger partial charge is 0.467 e. The van der Waals surface area contributed by atoms with Crippen LogP contribution in [0.4, 0.5) is 4.79 Å². The normalized spacial score (nSPS) is 14.6. The standard InChI is InChI=1S/C25H28N6O2/c1-19-6-8-20(9-7-19)23-28-22-5-2-10-26-24(22)31(23)16-13-29-11-14-30(15-12-29)25(32)27-18-21-4-3-17-33-21/h2-10,17H,11-16,18H2,1H3,(H,27,32). The molecule has 0 bridgehead atoms. The summed E-state index contributed by atoms with van der Waals surface area (Å²) in [5.74, 6) is 1.70. The summed E-state index contributed by atoms with van der Waals surface area (Å²) in [7, 11) is 0. The lowest BCUT2D eigenvalue weighted by Crippen LogP contribution is -2.52. The van der Waals surface area contributed by atoms with E-state index in [1.54, 1.807) is 6.26 Å². The van der Waals surface area contributed by atoms with Crippen LogP contribution >= 0.6 is 0 Å². The van der Waals surface area contributed by atoms with E-state index in [1.807, 2.05) is 35.4 Å². The number of aryl methyl sites for hydroxylation is 1. The van der Waals surface area contributed by atoms with Crippen LogP contribution in [0.5, 0.6) is 0 Å². The first-order valence-electron chi connectivity index (χ1n) is 11.3. The predicted octanol–water partition coefficient (Wildman–Crippen LogP) is 3.53. The van der Waals surface area contributed by atoms with E-state index in [4.69, 9.17) is 9.40 Å². The molecule has 8 nitrogen and oxygen atoms in total. The number of furan rings is 1. The third-order valence-electron chi connectivity index (χ3n) is 6.11. The van der Waals surface area contributed by atoms with Gasteiger partial charge in [0.05, 0.1) is 12.8 Å². The summed E-state index contributed by atoms with van der Waals surface area (Å²) in [6, 6.07) is 16.0. The number of pyridine rings is 1. The Balaban J connectivity index is 1.21. The highest BCUT2D eigenvalue weighted by Crippen LogP contribution is 2.24. The minimum atomic E-state index is -0.0440. The van der Waals surface area contributed by atoms with Gasteiger partial charge in [-0.1, -0.05) is 29.8 Å². The van der Waals surface area contributed by atoms with Crippen molar-refractivity contribution in [3.63, 3.8) is 0 Å². The molecule has 2 amide bonds. The van der Waals surface area contributed by atoms with Crippen LogP contribution < -0.4 is 5.32 Å². The Hall–Kier alpha value is -3.65. The zero-order valence-corrected chi connectivity index (χ0v) is 18.8. The highest BCUT2D eigenvalue weighted by molar-refractivity contribution is 5.77. The molecule has 1 N–H and O–H groups in total. The first kappa shape index (κ1) is 21.2. The van der Waals surface area contributed by atoms with E-state index in [-0.39, 0.29) is 6.03 Å². The van der Waals surface area contributed by atoms with Gasteiger partial charge in [0.25, 0.3) is 0 Å². The summed E-state index contributed by atoms with van der Waals surface area (Å²) >= 11 is 0. The second-order valence-electron chi connectivity index (χ2n) is 8.37. The third kappa shape index (κ3) is 4.75. The molecule has 4 aromatic rings. The average molecular weight is 445 g/mol. The first-order valence-corrected chi connectivity index (χ1v) is 11.3. The van der Waals surface area contributed by atoms with E-state index in [1.165, 1.54) is 5.56 Å². The monoisotopic (exact) mass is 444 g/mol. The smallest absolute Gasteiger partial charge is 0.317 e. The lowest BCUT2D eigenvalue weighted by atomic mass is 10.1. The van der Waals surface area contributed by atoms with E-state index in [0.29, 0.717) is 19.6 Å². The number of aromatic nitrogens is 3. The molecule has 4 heterocycles. The Bertz CT molecular complexity index is 1210. The second kappa shape index (κ2) is 9.46. The van der Waals surface area contributed by atoms with E-state index in [9.17, 15) is 4.79 Å². The first-order chi connectivity index (χ1) is 16.2. The number of hydrogen-bond donors (Lipinski definition) is 1. The van der Waals surface area contributed by atoms with Crippen LogP contribution in [0.2, 0.25) is 0 Å². The Morgan fingerprint density at radius 2 is 1.85 bits per heavy atom. The molecule has 1 aliphatic rings. The van der Waals surface area contributed by atoms with Crippen LogP contribution in [-0.2, 0) is 13.1 Å². The van der Waals surface area contributed by atoms with Gasteiger partial charge in [0.1, 0.15) is 17.1 Å². The van der Waals surface area contributed by atoms with Crippen molar-refractivity contribution in [2.75, 3.05) is 32.7 Å². The topological polar surface area (TPSA) is 79.4 Å². The molecular weight excluding hydrogens is 416 g/mol. The minimum Gasteiger partial charge on any atom is -0.467 e. The second-order valence-corrected chi connectivity index (χ2v) is 8.37. The van der Waals surface area contributed by atoms with Gasteiger partial charge in [-0.3, -0.25) is 4.90 Å². The van der Waals surface area contributed by atoms with Gasteiger partial charge < -0.3 is 19.2 Å². The fraction of sp³-hybridized carbons (Fsp3) is 0.320. The molecule has 0 atom stereocenters. The molecule has 0 spiro atoms. The van der Waals surface area contributed by atoms with Gasteiger partial charge >= 0.3 is 6.03 Å². The van der Waals surface area contributed by atoms with Crippen molar-refractivity contribution >= 4 is 17.2 Å². The highest BCUT2D eigenvalue weighted by Gasteiger charge is 2.22. The number of imidazole rings is 1. The molecule has 0 saturated carbocycles. The van der Waals surface area contributed by atoms with E-state index < -0.39 is 0 Å². The van der Waals surface area contributed by atoms with Crippen LogP contribution in [0.3, 0.4) is 0 Å². The van der Waals surface area contributed by atoms with Crippen molar-refractivity contribution in [2.45, 2.75) is 20.0 Å². The van der Waals surface area contributed by atoms with Crippen molar-refractivity contribution in [3.05, 3.63) is 72.3 Å². The molecule has 1 saturated heterocycles. The molecule has 0 unspecified atom stereocenters. The van der Waals surface area contributed by atoms with Gasteiger partial charge in [-0.15, -0.1) is 0 Å². The van der Waals surface area contributed by atoms with Gasteiger partial charge in [0.2, 0.25) is 0 Å². The van der Waals surface area contributed by atoms with E-state index >= 15 is 0 Å². The predicted molar refractivity (Wildman–Crippen MR) is 127 cm³/mol. The van der Waals surface area contributed by atoms with Crippen molar-refractivity contribution in [2.24, 2.45) is 0 Å². The lowest BCUT2D eigenvalue weighted by molar-refractivity contribution is 0.136. The van der Waals surface area contributed by atoms with Crippen molar-refractivity contribution in [1.82, 2.24) is 29.7 Å². The summed E-state index contributed by atoms with van der Waals surface area (Å²) in [5.41, 5.74) is 4.14. The quantitative estimate of drug-likeness (QED) is 0.492. The summed E-state index contributed by atoms with van der Waals surface area (Å²) in [5, 5.41) is 2.93. The molecule has 8 heteroatoms. The molecule has 0 radical (unpaired) electrons. The van der Waals surface area contributed by atoms with Crippen LogP contribution in [0.1, 0.15) is 11.3 Å². The zero-order valence-electron chi connectivity index (χ0n) is 18.8. The lowest BCUT2D eigenvalue weighted by Gasteiger charge is -2.34. The van der Waals surface area contributed by atoms with Crippen molar-refractivity contribution in [3.8, 4) is 11.4 Å². The third-order valence-corrected chi connectivity index (χ3v) is 6.11. The van der Waals surface area contributed by atoms with Crippen LogP contribution in [-0.4, -0.2) is 63.1 Å². The van der Waals surface area contributed by atoms with Gasteiger partial charge in [0.15, 0.2) is 5.65 Å². The molecule has 170 valence electrons. The van der Waals surface area contributed by atoms with Gasteiger partial charge in [-0.25, -0.2) is 14.8 Å². The SMILES string of the molecule is Cc1ccc(-c2nc3cccnc3n2CCN2CCN(C(=O)NCc3ccco3)CC2)cc1. The van der Waals surface area contributed by atoms with Crippen molar-refractivity contribution in [1.29, 1.82) is 0 Å². The highest BCUT2D eigenvalue weighted by atomic mass is 16.3. The summed E-state index contributed by atoms with van der Waals surface area (Å²) in [4.78, 5) is 26.2. The van der Waals surface area contributed by atoms with Gasteiger partial charge in [-0.05, 0) is 31.2 Å². The molecule has 1 fully saturated rings. The number of urea groups is 1. The number of piperazine rings is 1. The van der Waals surface area contributed by atoms with E-state index in [0.717, 1.165) is 54.5 Å². The fourth-order valence-corrected chi connectivity index (χ4v) is 4.20. The van der Waals surface area contributed by atoms with Gasteiger partial charge in [0, 0.05) is 51.0 Å². The number of amides is 2. The fourth-order valence-electron chi connectivity index (χ4n) is 4.20. The Morgan fingerprint density at radius 1 is 1.03 bits per heavy atom. The Kier molecular flexibility index (Phi) is 6.08. The van der Waals surface area contributed by atoms with Gasteiger partial charge in [-0.2, -0.15) is 0 Å². The minimum absolute atomic E-state index is 0.0440.